The number of pyridine rings is 1. The Bertz CT molecular complexity index is 963. The summed E-state index contributed by atoms with van der Waals surface area (Å²) < 4.78 is 0. The predicted molar refractivity (Wildman–Crippen MR) is 93.4 cm³/mol. The standard InChI is InChI=1S/C20H16N2O2/c23-19-5-1-3-14-11-16(8-9-17(14)19)22-20(24)15-7-6-13-4-2-10-21-18(13)12-15/h2,4,6-12H,1,3,5H2,(H,22,24). The smallest absolute Gasteiger partial charge is 0.255 e. The lowest BCUT2D eigenvalue weighted by Crippen LogP contribution is -2.14. The maximum atomic E-state index is 12.5. The van der Waals surface area contributed by atoms with Crippen LogP contribution in [0.25, 0.3) is 10.9 Å². The van der Waals surface area contributed by atoms with Crippen LogP contribution >= 0.6 is 0 Å². The molecule has 0 atom stereocenters. The number of hydrogen-bond donors (Lipinski definition) is 1. The third-order valence-corrected chi connectivity index (χ3v) is 4.38. The third kappa shape index (κ3) is 2.67. The van der Waals surface area contributed by atoms with Crippen molar-refractivity contribution in [2.75, 3.05) is 5.32 Å². The fourth-order valence-corrected chi connectivity index (χ4v) is 3.14. The van der Waals surface area contributed by atoms with Crippen LogP contribution in [0, 0.1) is 0 Å². The second kappa shape index (κ2) is 5.89. The van der Waals surface area contributed by atoms with E-state index in [1.807, 2.05) is 30.3 Å². The quantitative estimate of drug-likeness (QED) is 0.777. The Kier molecular flexibility index (Phi) is 3.58. The van der Waals surface area contributed by atoms with Gasteiger partial charge in [-0.2, -0.15) is 0 Å². The van der Waals surface area contributed by atoms with Crippen molar-refractivity contribution in [3.8, 4) is 0 Å². The minimum Gasteiger partial charge on any atom is -0.322 e. The second-order valence-electron chi connectivity index (χ2n) is 6.01. The molecule has 0 unspecified atom stereocenters. The Morgan fingerprint density at radius 2 is 1.96 bits per heavy atom. The lowest BCUT2D eigenvalue weighted by atomic mass is 9.90. The monoisotopic (exact) mass is 316 g/mol. The number of Topliss-reactive ketones (excluding diaryl/α,β-unsaturated/α-hetero) is 1. The van der Waals surface area contributed by atoms with E-state index in [2.05, 4.69) is 10.3 Å². The topological polar surface area (TPSA) is 59.1 Å². The van der Waals surface area contributed by atoms with E-state index in [9.17, 15) is 9.59 Å². The average molecular weight is 316 g/mol. The highest BCUT2D eigenvalue weighted by molar-refractivity contribution is 6.06. The molecule has 118 valence electrons. The number of fused-ring (bicyclic) bond motifs is 2. The van der Waals surface area contributed by atoms with Gasteiger partial charge in [-0.3, -0.25) is 14.6 Å². The van der Waals surface area contributed by atoms with Gasteiger partial charge in [-0.05, 0) is 54.8 Å². The van der Waals surface area contributed by atoms with E-state index in [1.165, 1.54) is 0 Å². The number of nitrogens with one attached hydrogen (secondary N) is 1. The summed E-state index contributed by atoms with van der Waals surface area (Å²) in [5.74, 6) is 0.0133. The van der Waals surface area contributed by atoms with Crippen LogP contribution in [0.3, 0.4) is 0 Å². The van der Waals surface area contributed by atoms with Gasteiger partial charge in [-0.25, -0.2) is 0 Å². The molecule has 0 spiro atoms. The number of aryl methyl sites for hydroxylation is 1. The van der Waals surface area contributed by atoms with Gasteiger partial charge in [0.2, 0.25) is 0 Å². The summed E-state index contributed by atoms with van der Waals surface area (Å²) in [4.78, 5) is 28.6. The number of amides is 1. The van der Waals surface area contributed by atoms with Crippen LogP contribution in [-0.2, 0) is 6.42 Å². The van der Waals surface area contributed by atoms with E-state index in [-0.39, 0.29) is 11.7 Å². The van der Waals surface area contributed by atoms with Gasteiger partial charge in [0.15, 0.2) is 5.78 Å². The summed E-state index contributed by atoms with van der Waals surface area (Å²) in [6, 6.07) is 14.8. The number of nitrogens with zero attached hydrogens (tertiary/aromatic N) is 1. The number of benzene rings is 2. The second-order valence-corrected chi connectivity index (χ2v) is 6.01. The Morgan fingerprint density at radius 3 is 2.88 bits per heavy atom. The number of carbonyl (C=O) groups excluding carboxylic acids is 2. The van der Waals surface area contributed by atoms with Crippen LogP contribution < -0.4 is 5.32 Å². The Hall–Kier alpha value is -3.01. The summed E-state index contributed by atoms with van der Waals surface area (Å²) in [6.07, 6.45) is 4.08. The molecule has 0 saturated heterocycles. The molecule has 0 bridgehead atoms. The Labute approximate surface area is 139 Å². The molecule has 1 aliphatic carbocycles. The Morgan fingerprint density at radius 1 is 1.04 bits per heavy atom. The van der Waals surface area contributed by atoms with Crippen molar-refractivity contribution < 1.29 is 9.59 Å². The maximum absolute atomic E-state index is 12.5. The molecule has 2 aromatic carbocycles. The number of anilines is 1. The molecule has 1 amide bonds. The zero-order valence-electron chi connectivity index (χ0n) is 13.1. The van der Waals surface area contributed by atoms with Gasteiger partial charge < -0.3 is 5.32 Å². The van der Waals surface area contributed by atoms with Crippen molar-refractivity contribution in [2.45, 2.75) is 19.3 Å². The highest BCUT2D eigenvalue weighted by atomic mass is 16.1. The minimum absolute atomic E-state index is 0.176. The maximum Gasteiger partial charge on any atom is 0.255 e. The lowest BCUT2D eigenvalue weighted by molar-refractivity contribution is 0.0971. The first kappa shape index (κ1) is 14.6. The Balaban J connectivity index is 1.60. The summed E-state index contributed by atoms with van der Waals surface area (Å²) in [7, 11) is 0. The van der Waals surface area contributed by atoms with Crippen LogP contribution in [0.1, 0.15) is 39.1 Å². The first-order valence-electron chi connectivity index (χ1n) is 8.03. The number of aromatic nitrogens is 1. The van der Waals surface area contributed by atoms with Crippen LogP contribution in [0.5, 0.6) is 0 Å². The fourth-order valence-electron chi connectivity index (χ4n) is 3.14. The molecule has 1 heterocycles. The SMILES string of the molecule is O=C(Nc1ccc2c(c1)CCCC2=O)c1ccc2cccnc2c1. The molecular formula is C20H16N2O2. The van der Waals surface area contributed by atoms with Crippen LogP contribution in [0.4, 0.5) is 5.69 Å². The molecule has 24 heavy (non-hydrogen) atoms. The van der Waals surface area contributed by atoms with Gasteiger partial charge in [0.1, 0.15) is 0 Å². The van der Waals surface area contributed by atoms with E-state index in [0.717, 1.165) is 40.6 Å². The summed E-state index contributed by atoms with van der Waals surface area (Å²) >= 11 is 0. The fraction of sp³-hybridized carbons (Fsp3) is 0.150. The van der Waals surface area contributed by atoms with E-state index < -0.39 is 0 Å². The number of carbonyl (C=O) groups is 2. The number of rotatable bonds is 2. The third-order valence-electron chi connectivity index (χ3n) is 4.38. The van der Waals surface area contributed by atoms with E-state index in [4.69, 9.17) is 0 Å². The highest BCUT2D eigenvalue weighted by Gasteiger charge is 2.17. The van der Waals surface area contributed by atoms with Gasteiger partial charge in [-0.1, -0.05) is 12.1 Å². The van der Waals surface area contributed by atoms with Crippen molar-refractivity contribution in [1.82, 2.24) is 4.98 Å². The minimum atomic E-state index is -0.176. The summed E-state index contributed by atoms with van der Waals surface area (Å²) in [6.45, 7) is 0. The molecular weight excluding hydrogens is 300 g/mol. The zero-order chi connectivity index (χ0) is 16.5. The molecule has 0 saturated carbocycles. The van der Waals surface area contributed by atoms with Crippen LogP contribution in [-0.4, -0.2) is 16.7 Å². The summed E-state index contributed by atoms with van der Waals surface area (Å²) in [5, 5.41) is 3.91. The van der Waals surface area contributed by atoms with E-state index in [0.29, 0.717) is 12.0 Å². The highest BCUT2D eigenvalue weighted by Crippen LogP contribution is 2.24. The van der Waals surface area contributed by atoms with E-state index >= 15 is 0 Å². The lowest BCUT2D eigenvalue weighted by Gasteiger charge is -2.16. The number of ketones is 1. The van der Waals surface area contributed by atoms with Crippen molar-refractivity contribution >= 4 is 28.3 Å². The normalized spacial score (nSPS) is 13.6. The molecule has 0 aliphatic heterocycles. The van der Waals surface area contributed by atoms with Gasteiger partial charge >= 0.3 is 0 Å². The van der Waals surface area contributed by atoms with E-state index in [1.54, 1.807) is 24.4 Å². The molecule has 1 aliphatic rings. The molecule has 0 fully saturated rings. The molecule has 4 nitrogen and oxygen atoms in total. The van der Waals surface area contributed by atoms with Gasteiger partial charge in [0, 0.05) is 34.8 Å². The van der Waals surface area contributed by atoms with Gasteiger partial charge in [-0.15, -0.1) is 0 Å². The number of hydrogen-bond acceptors (Lipinski definition) is 3. The van der Waals surface area contributed by atoms with Gasteiger partial charge in [0.25, 0.3) is 5.91 Å². The molecule has 1 aromatic heterocycles. The largest absolute Gasteiger partial charge is 0.322 e. The van der Waals surface area contributed by atoms with Crippen LogP contribution in [0.2, 0.25) is 0 Å². The first-order chi connectivity index (χ1) is 11.7. The molecule has 4 rings (SSSR count). The molecule has 1 N–H and O–H groups in total. The van der Waals surface area contributed by atoms with Crippen molar-refractivity contribution in [2.24, 2.45) is 0 Å². The van der Waals surface area contributed by atoms with Crippen LogP contribution in [0.15, 0.2) is 54.7 Å². The van der Waals surface area contributed by atoms with Crippen molar-refractivity contribution in [3.05, 3.63) is 71.4 Å². The molecule has 0 radical (unpaired) electrons. The van der Waals surface area contributed by atoms with Crippen molar-refractivity contribution in [1.29, 1.82) is 0 Å². The first-order valence-corrected chi connectivity index (χ1v) is 8.03. The zero-order valence-corrected chi connectivity index (χ0v) is 13.1. The van der Waals surface area contributed by atoms with Crippen molar-refractivity contribution in [3.63, 3.8) is 0 Å². The summed E-state index contributed by atoms with van der Waals surface area (Å²) in [5.41, 5.74) is 3.88. The van der Waals surface area contributed by atoms with Gasteiger partial charge in [0.05, 0.1) is 5.52 Å². The molecule has 3 aromatic rings. The molecule has 4 heteroatoms. The average Bonchev–Trinajstić information content (AvgIpc) is 2.61. The predicted octanol–water partition coefficient (Wildman–Crippen LogP) is 4.01.